The molecule has 3 heteroatoms. The van der Waals surface area contributed by atoms with Gasteiger partial charge in [0, 0.05) is 42.4 Å². The first kappa shape index (κ1) is 22.6. The summed E-state index contributed by atoms with van der Waals surface area (Å²) in [5.41, 5.74) is 8.75. The molecule has 0 saturated carbocycles. The Morgan fingerprint density at radius 2 is 1.16 bits per heavy atom. The first-order valence-corrected chi connectivity index (χ1v) is 13.6. The van der Waals surface area contributed by atoms with Gasteiger partial charge in [-0.3, -0.25) is 0 Å². The zero-order valence-electron chi connectivity index (χ0n) is 20.9. The highest BCUT2D eigenvalue weighted by Gasteiger charge is 2.17. The Morgan fingerprint density at radius 1 is 0.526 bits per heavy atom. The van der Waals surface area contributed by atoms with Gasteiger partial charge in [-0.25, -0.2) is 9.97 Å². The molecule has 2 aromatic heterocycles. The Kier molecular flexibility index (Phi) is 5.57. The number of nitrogens with zero attached hydrogens (tertiary/aromatic N) is 2. The van der Waals surface area contributed by atoms with Crippen molar-refractivity contribution in [1.29, 1.82) is 0 Å². The molecule has 7 aromatic rings. The highest BCUT2D eigenvalue weighted by Crippen LogP contribution is 2.44. The van der Waals surface area contributed by atoms with Crippen molar-refractivity contribution in [3.05, 3.63) is 133 Å². The molecule has 0 N–H and O–H groups in total. The molecule has 0 radical (unpaired) electrons. The molecule has 0 aliphatic rings. The number of fused-ring (bicyclic) bond motifs is 3. The van der Waals surface area contributed by atoms with Crippen molar-refractivity contribution < 1.29 is 0 Å². The minimum absolute atomic E-state index is 0.729. The second-order valence-electron chi connectivity index (χ2n) is 9.47. The fraction of sp³-hybridized carbons (Fsp3) is 0.0286. The van der Waals surface area contributed by atoms with Gasteiger partial charge >= 0.3 is 0 Å². The number of hydrogen-bond acceptors (Lipinski definition) is 3. The van der Waals surface area contributed by atoms with E-state index in [1.54, 1.807) is 0 Å². The summed E-state index contributed by atoms with van der Waals surface area (Å²) in [7, 11) is 0. The number of aryl methyl sites for hydroxylation is 1. The van der Waals surface area contributed by atoms with Crippen molar-refractivity contribution in [1.82, 2.24) is 9.97 Å². The van der Waals surface area contributed by atoms with Gasteiger partial charge in [-0.2, -0.15) is 0 Å². The third kappa shape index (κ3) is 3.89. The van der Waals surface area contributed by atoms with Crippen LogP contribution in [0.1, 0.15) is 5.56 Å². The molecule has 0 aliphatic heterocycles. The SMILES string of the molecule is Cc1ccc(-c2ccccc2-c2cc(-c3ccccc3)nc(-c3ccccc3)n2)c2sc3ccccc3c12. The lowest BCUT2D eigenvalue weighted by molar-refractivity contribution is 1.18. The molecule has 2 heterocycles. The number of rotatable bonds is 4. The van der Waals surface area contributed by atoms with Crippen LogP contribution in [0, 0.1) is 6.92 Å². The molecule has 0 spiro atoms. The molecular formula is C35H24N2S. The summed E-state index contributed by atoms with van der Waals surface area (Å²) in [5, 5.41) is 2.67. The quantitative estimate of drug-likeness (QED) is 0.238. The topological polar surface area (TPSA) is 25.8 Å². The molecule has 0 unspecified atom stereocenters. The zero-order chi connectivity index (χ0) is 25.5. The Morgan fingerprint density at radius 3 is 1.95 bits per heavy atom. The summed E-state index contributed by atoms with van der Waals surface area (Å²) in [4.78, 5) is 10.1. The molecule has 38 heavy (non-hydrogen) atoms. The van der Waals surface area contributed by atoms with Crippen LogP contribution in [0.5, 0.6) is 0 Å². The Bertz CT molecular complexity index is 1860. The van der Waals surface area contributed by atoms with Crippen LogP contribution in [0.2, 0.25) is 0 Å². The lowest BCUT2D eigenvalue weighted by Crippen LogP contribution is -1.97. The van der Waals surface area contributed by atoms with E-state index in [1.807, 2.05) is 35.6 Å². The first-order chi connectivity index (χ1) is 18.8. The van der Waals surface area contributed by atoms with E-state index in [9.17, 15) is 0 Å². The van der Waals surface area contributed by atoms with Crippen LogP contribution >= 0.6 is 11.3 Å². The molecule has 5 aromatic carbocycles. The smallest absolute Gasteiger partial charge is 0.160 e. The average molecular weight is 505 g/mol. The maximum Gasteiger partial charge on any atom is 0.160 e. The maximum atomic E-state index is 5.12. The van der Waals surface area contributed by atoms with Crippen LogP contribution in [0.4, 0.5) is 0 Å². The summed E-state index contributed by atoms with van der Waals surface area (Å²) >= 11 is 1.87. The van der Waals surface area contributed by atoms with Crippen LogP contribution < -0.4 is 0 Å². The van der Waals surface area contributed by atoms with E-state index in [2.05, 4.69) is 110 Å². The van der Waals surface area contributed by atoms with Gasteiger partial charge in [0.25, 0.3) is 0 Å². The molecule has 0 bridgehead atoms. The summed E-state index contributed by atoms with van der Waals surface area (Å²) in [6.07, 6.45) is 0. The van der Waals surface area contributed by atoms with Crippen LogP contribution in [-0.2, 0) is 0 Å². The summed E-state index contributed by atoms with van der Waals surface area (Å²) in [6.45, 7) is 2.21. The molecular weight excluding hydrogens is 480 g/mol. The van der Waals surface area contributed by atoms with Gasteiger partial charge in [-0.05, 0) is 30.2 Å². The van der Waals surface area contributed by atoms with E-state index in [-0.39, 0.29) is 0 Å². The fourth-order valence-corrected chi connectivity index (χ4v) is 6.51. The number of aromatic nitrogens is 2. The van der Waals surface area contributed by atoms with Crippen LogP contribution in [-0.4, -0.2) is 9.97 Å². The van der Waals surface area contributed by atoms with Gasteiger partial charge < -0.3 is 0 Å². The number of thiophene rings is 1. The number of benzene rings is 5. The van der Waals surface area contributed by atoms with Gasteiger partial charge in [0.05, 0.1) is 11.4 Å². The highest BCUT2D eigenvalue weighted by molar-refractivity contribution is 7.26. The number of hydrogen-bond donors (Lipinski definition) is 0. The Hall–Kier alpha value is -4.60. The normalized spacial score (nSPS) is 11.3. The molecule has 2 nitrogen and oxygen atoms in total. The van der Waals surface area contributed by atoms with Gasteiger partial charge in [0.1, 0.15) is 0 Å². The van der Waals surface area contributed by atoms with Crippen molar-refractivity contribution in [2.75, 3.05) is 0 Å². The lowest BCUT2D eigenvalue weighted by Gasteiger charge is -2.14. The lowest BCUT2D eigenvalue weighted by atomic mass is 9.94. The van der Waals surface area contributed by atoms with E-state index < -0.39 is 0 Å². The minimum atomic E-state index is 0.729. The molecule has 180 valence electrons. The summed E-state index contributed by atoms with van der Waals surface area (Å²) < 4.78 is 2.63. The third-order valence-corrected chi connectivity index (χ3v) is 8.26. The highest BCUT2D eigenvalue weighted by atomic mass is 32.1. The molecule has 0 saturated heterocycles. The molecule has 7 rings (SSSR count). The van der Waals surface area contributed by atoms with Crippen LogP contribution in [0.15, 0.2) is 127 Å². The standard InChI is InChI=1S/C35H24N2S/c1-23-20-21-28(34-33(23)29-18-10-11-19-32(29)38-34)26-16-8-9-17-27(26)31-22-30(24-12-4-2-5-13-24)36-35(37-31)25-14-6-3-7-15-25/h2-22H,1H3. The van der Waals surface area contributed by atoms with E-state index in [0.717, 1.165) is 33.9 Å². The van der Waals surface area contributed by atoms with Gasteiger partial charge in [0.2, 0.25) is 0 Å². The van der Waals surface area contributed by atoms with E-state index in [0.29, 0.717) is 0 Å². The summed E-state index contributed by atoms with van der Waals surface area (Å²) in [5.74, 6) is 0.729. The largest absolute Gasteiger partial charge is 0.228 e. The maximum absolute atomic E-state index is 5.12. The first-order valence-electron chi connectivity index (χ1n) is 12.8. The fourth-order valence-electron chi connectivity index (χ4n) is 5.21. The monoisotopic (exact) mass is 504 g/mol. The van der Waals surface area contributed by atoms with Gasteiger partial charge in [0.15, 0.2) is 5.82 Å². The second kappa shape index (κ2) is 9.37. The van der Waals surface area contributed by atoms with Gasteiger partial charge in [-0.15, -0.1) is 11.3 Å². The predicted molar refractivity (Wildman–Crippen MR) is 161 cm³/mol. The Balaban J connectivity index is 1.49. The summed E-state index contributed by atoms with van der Waals surface area (Å²) in [6, 6.07) is 44.5. The average Bonchev–Trinajstić information content (AvgIpc) is 3.39. The van der Waals surface area contributed by atoms with Crippen molar-refractivity contribution >= 4 is 31.5 Å². The van der Waals surface area contributed by atoms with Crippen LogP contribution in [0.25, 0.3) is 65.2 Å². The van der Waals surface area contributed by atoms with Crippen LogP contribution in [0.3, 0.4) is 0 Å². The third-order valence-electron chi connectivity index (χ3n) is 7.06. The zero-order valence-corrected chi connectivity index (χ0v) is 21.7. The Labute approximate surface area is 225 Å². The molecule has 0 amide bonds. The molecule has 0 aliphatic carbocycles. The van der Waals surface area contributed by atoms with E-state index >= 15 is 0 Å². The van der Waals surface area contributed by atoms with E-state index in [1.165, 1.54) is 36.9 Å². The van der Waals surface area contributed by atoms with Gasteiger partial charge in [-0.1, -0.05) is 115 Å². The van der Waals surface area contributed by atoms with Crippen molar-refractivity contribution in [3.8, 4) is 45.0 Å². The minimum Gasteiger partial charge on any atom is -0.228 e. The van der Waals surface area contributed by atoms with Crippen molar-refractivity contribution in [2.45, 2.75) is 6.92 Å². The predicted octanol–water partition coefficient (Wildman–Crippen LogP) is 9.82. The molecule has 0 fully saturated rings. The second-order valence-corrected chi connectivity index (χ2v) is 10.5. The van der Waals surface area contributed by atoms with Crippen molar-refractivity contribution in [3.63, 3.8) is 0 Å². The van der Waals surface area contributed by atoms with Crippen molar-refractivity contribution in [2.24, 2.45) is 0 Å². The molecule has 0 atom stereocenters. The van der Waals surface area contributed by atoms with E-state index in [4.69, 9.17) is 9.97 Å².